The summed E-state index contributed by atoms with van der Waals surface area (Å²) in [6.45, 7) is 4.54. The van der Waals surface area contributed by atoms with Gasteiger partial charge in [-0.25, -0.2) is 4.98 Å². The fourth-order valence-corrected chi connectivity index (χ4v) is 5.05. The highest BCUT2D eigenvalue weighted by Gasteiger charge is 2.41. The van der Waals surface area contributed by atoms with Gasteiger partial charge in [0.25, 0.3) is 11.5 Å². The monoisotopic (exact) mass is 446 g/mol. The van der Waals surface area contributed by atoms with E-state index >= 15 is 0 Å². The van der Waals surface area contributed by atoms with Crippen LogP contribution in [0.3, 0.4) is 0 Å². The molecule has 0 bridgehead atoms. The van der Waals surface area contributed by atoms with Gasteiger partial charge in [0.05, 0.1) is 23.7 Å². The number of carbonyl (C=O) groups is 1. The summed E-state index contributed by atoms with van der Waals surface area (Å²) in [5, 5.41) is 6.25. The van der Waals surface area contributed by atoms with Gasteiger partial charge in [-0.05, 0) is 50.9 Å². The molecule has 1 saturated heterocycles. The Morgan fingerprint density at radius 3 is 2.79 bits per heavy atom. The molecule has 0 aliphatic carbocycles. The number of ether oxygens (including phenoxy) is 1. The SMILES string of the molecule is Cc1nc(CNC(=O)c2cc3c(s2)C2(CCNCC2)OCC3)cc(=O)[nH]1.Cl.Cl. The van der Waals surface area contributed by atoms with Crippen LogP contribution in [0.1, 0.15) is 44.5 Å². The zero-order chi connectivity index (χ0) is 18.1. The maximum atomic E-state index is 12.6. The highest BCUT2D eigenvalue weighted by molar-refractivity contribution is 7.14. The van der Waals surface area contributed by atoms with Gasteiger partial charge in [0.1, 0.15) is 11.4 Å². The van der Waals surface area contributed by atoms with E-state index in [1.54, 1.807) is 6.92 Å². The lowest BCUT2D eigenvalue weighted by Gasteiger charge is -2.40. The lowest BCUT2D eigenvalue weighted by atomic mass is 9.86. The Hall–Kier alpha value is -1.45. The number of aromatic amines is 1. The first-order chi connectivity index (χ1) is 12.6. The summed E-state index contributed by atoms with van der Waals surface area (Å²) in [4.78, 5) is 32.9. The van der Waals surface area contributed by atoms with Gasteiger partial charge in [-0.1, -0.05) is 0 Å². The van der Waals surface area contributed by atoms with Gasteiger partial charge in [0.15, 0.2) is 0 Å². The maximum absolute atomic E-state index is 12.6. The second-order valence-electron chi connectivity index (χ2n) is 6.81. The Labute approximate surface area is 179 Å². The van der Waals surface area contributed by atoms with Gasteiger partial charge in [0, 0.05) is 10.9 Å². The van der Waals surface area contributed by atoms with Gasteiger partial charge >= 0.3 is 0 Å². The molecule has 28 heavy (non-hydrogen) atoms. The predicted octanol–water partition coefficient (Wildman–Crippen LogP) is 2.06. The summed E-state index contributed by atoms with van der Waals surface area (Å²) in [6.07, 6.45) is 2.73. The van der Waals surface area contributed by atoms with Gasteiger partial charge in [-0.3, -0.25) is 9.59 Å². The van der Waals surface area contributed by atoms with Crippen LogP contribution in [0, 0.1) is 6.92 Å². The van der Waals surface area contributed by atoms with Crippen molar-refractivity contribution in [2.75, 3.05) is 19.7 Å². The Kier molecular flexibility index (Phi) is 7.64. The third-order valence-electron chi connectivity index (χ3n) is 4.95. The van der Waals surface area contributed by atoms with Gasteiger partial charge in [-0.2, -0.15) is 0 Å². The van der Waals surface area contributed by atoms with Gasteiger partial charge < -0.3 is 20.4 Å². The van der Waals surface area contributed by atoms with Crippen molar-refractivity contribution in [2.24, 2.45) is 0 Å². The number of rotatable bonds is 3. The van der Waals surface area contributed by atoms with E-state index in [0.29, 0.717) is 23.0 Å². The number of nitrogens with one attached hydrogen (secondary N) is 3. The molecule has 2 aliphatic heterocycles. The van der Waals surface area contributed by atoms with E-state index in [9.17, 15) is 9.59 Å². The lowest BCUT2D eigenvalue weighted by molar-refractivity contribution is -0.0771. The average Bonchev–Trinajstić information content (AvgIpc) is 3.06. The number of thiophene rings is 1. The first-order valence-electron chi connectivity index (χ1n) is 8.89. The Bertz CT molecular complexity index is 893. The molecule has 7 nitrogen and oxygen atoms in total. The zero-order valence-corrected chi connectivity index (χ0v) is 18.0. The molecule has 2 aromatic heterocycles. The van der Waals surface area contributed by atoms with Crippen molar-refractivity contribution in [3.63, 3.8) is 0 Å². The highest BCUT2D eigenvalue weighted by Crippen LogP contribution is 2.44. The number of hydrogen-bond donors (Lipinski definition) is 3. The number of H-pyrrole nitrogens is 1. The minimum Gasteiger partial charge on any atom is -0.369 e. The van der Waals surface area contributed by atoms with Crippen LogP contribution in [-0.2, 0) is 23.3 Å². The molecule has 154 valence electrons. The predicted molar refractivity (Wildman–Crippen MR) is 113 cm³/mol. The first kappa shape index (κ1) is 22.8. The van der Waals surface area contributed by atoms with Crippen LogP contribution in [0.2, 0.25) is 0 Å². The molecule has 10 heteroatoms. The summed E-state index contributed by atoms with van der Waals surface area (Å²) < 4.78 is 6.17. The molecule has 2 aromatic rings. The molecule has 4 rings (SSSR count). The number of amides is 1. The number of carbonyl (C=O) groups excluding carboxylic acids is 1. The molecular formula is C18H24Cl2N4O3S. The molecule has 1 spiro atoms. The molecule has 0 radical (unpaired) electrons. The van der Waals surface area contributed by atoms with Crippen LogP contribution in [-0.4, -0.2) is 35.6 Å². The van der Waals surface area contributed by atoms with E-state index in [1.165, 1.54) is 27.8 Å². The molecule has 2 aliphatic rings. The molecule has 0 unspecified atom stereocenters. The molecule has 4 heterocycles. The molecule has 0 aromatic carbocycles. The standard InChI is InChI=1S/C18H22N4O3S.2ClH/c1-11-21-13(9-15(23)22-11)10-20-17(24)14-8-12-2-7-25-18(16(12)26-14)3-5-19-6-4-18;;/h8-9,19H,2-7,10H2,1H3,(H,20,24)(H,21,22,23);2*1H. The quantitative estimate of drug-likeness (QED) is 0.670. The first-order valence-corrected chi connectivity index (χ1v) is 9.70. The van der Waals surface area contributed by atoms with Crippen LogP contribution < -0.4 is 16.2 Å². The number of fused-ring (bicyclic) bond motifs is 2. The lowest BCUT2D eigenvalue weighted by Crippen LogP contribution is -2.43. The molecule has 1 fully saturated rings. The van der Waals surface area contributed by atoms with E-state index in [4.69, 9.17) is 4.74 Å². The minimum absolute atomic E-state index is 0. The number of piperidine rings is 1. The van der Waals surface area contributed by atoms with Crippen LogP contribution >= 0.6 is 36.2 Å². The summed E-state index contributed by atoms with van der Waals surface area (Å²) in [6, 6.07) is 3.41. The van der Waals surface area contributed by atoms with Crippen LogP contribution in [0.25, 0.3) is 0 Å². The highest BCUT2D eigenvalue weighted by atomic mass is 35.5. The fourth-order valence-electron chi connectivity index (χ4n) is 3.73. The van der Waals surface area contributed by atoms with Crippen LogP contribution in [0.15, 0.2) is 16.9 Å². The molecular weight excluding hydrogens is 423 g/mol. The summed E-state index contributed by atoms with van der Waals surface area (Å²) in [5.41, 5.74) is 1.35. The van der Waals surface area contributed by atoms with Gasteiger partial charge in [-0.15, -0.1) is 36.2 Å². The van der Waals surface area contributed by atoms with Crippen LogP contribution in [0.5, 0.6) is 0 Å². The van der Waals surface area contributed by atoms with Crippen molar-refractivity contribution in [1.29, 1.82) is 0 Å². The van der Waals surface area contributed by atoms with E-state index in [1.807, 2.05) is 6.07 Å². The third kappa shape index (κ3) is 4.58. The normalized spacial score (nSPS) is 17.2. The van der Waals surface area contributed by atoms with Crippen molar-refractivity contribution in [3.8, 4) is 0 Å². The third-order valence-corrected chi connectivity index (χ3v) is 6.31. The van der Waals surface area contributed by atoms with Gasteiger partial charge in [0.2, 0.25) is 0 Å². The fraction of sp³-hybridized carbons (Fsp3) is 0.500. The number of nitrogens with zero attached hydrogens (tertiary/aromatic N) is 1. The maximum Gasteiger partial charge on any atom is 0.261 e. The summed E-state index contributed by atoms with van der Waals surface area (Å²) >= 11 is 1.54. The molecule has 1 amide bonds. The van der Waals surface area contributed by atoms with Crippen molar-refractivity contribution < 1.29 is 9.53 Å². The number of halogens is 2. The molecule has 3 N–H and O–H groups in total. The second-order valence-corrected chi connectivity index (χ2v) is 7.86. The topological polar surface area (TPSA) is 96.1 Å². The number of aryl methyl sites for hydroxylation is 1. The van der Waals surface area contributed by atoms with E-state index in [-0.39, 0.29) is 48.4 Å². The smallest absolute Gasteiger partial charge is 0.261 e. The number of hydrogen-bond acceptors (Lipinski definition) is 6. The molecule has 0 atom stereocenters. The molecule has 0 saturated carbocycles. The Balaban J connectivity index is 0.00000140. The minimum atomic E-state index is -0.229. The van der Waals surface area contributed by atoms with E-state index in [2.05, 4.69) is 20.6 Å². The Morgan fingerprint density at radius 1 is 1.32 bits per heavy atom. The zero-order valence-electron chi connectivity index (χ0n) is 15.5. The van der Waals surface area contributed by atoms with E-state index in [0.717, 1.165) is 32.4 Å². The Morgan fingerprint density at radius 2 is 2.07 bits per heavy atom. The van der Waals surface area contributed by atoms with Crippen molar-refractivity contribution in [3.05, 3.63) is 49.3 Å². The van der Waals surface area contributed by atoms with Crippen molar-refractivity contribution in [1.82, 2.24) is 20.6 Å². The van der Waals surface area contributed by atoms with Crippen LogP contribution in [0.4, 0.5) is 0 Å². The largest absolute Gasteiger partial charge is 0.369 e. The summed E-state index contributed by atoms with van der Waals surface area (Å²) in [7, 11) is 0. The average molecular weight is 447 g/mol. The van der Waals surface area contributed by atoms with E-state index < -0.39 is 0 Å². The van der Waals surface area contributed by atoms with Crippen molar-refractivity contribution in [2.45, 2.75) is 38.3 Å². The number of aromatic nitrogens is 2. The van der Waals surface area contributed by atoms with Crippen molar-refractivity contribution >= 4 is 42.1 Å². The second kappa shape index (κ2) is 9.37. The summed E-state index contributed by atoms with van der Waals surface area (Å²) in [5.74, 6) is 0.409.